The van der Waals surface area contributed by atoms with Gasteiger partial charge in [0, 0.05) is 5.69 Å². The van der Waals surface area contributed by atoms with Gasteiger partial charge < -0.3 is 10.7 Å². The molecular formula is C15H15N3O. The first-order valence-electron chi connectivity index (χ1n) is 6.28. The van der Waals surface area contributed by atoms with E-state index in [0.717, 1.165) is 23.1 Å². The van der Waals surface area contributed by atoms with Gasteiger partial charge in [-0.15, -0.1) is 0 Å². The van der Waals surface area contributed by atoms with E-state index < -0.39 is 0 Å². The van der Waals surface area contributed by atoms with Crippen molar-refractivity contribution in [3.63, 3.8) is 0 Å². The molecule has 0 unspecified atom stereocenters. The molecule has 0 radical (unpaired) electrons. The maximum absolute atomic E-state index is 12.1. The van der Waals surface area contributed by atoms with Gasteiger partial charge in [-0.05, 0) is 42.3 Å². The van der Waals surface area contributed by atoms with Gasteiger partial charge in [-0.2, -0.15) is 0 Å². The average molecular weight is 253 g/mol. The number of hydrogen-bond donors (Lipinski definition) is 2. The number of rotatable bonds is 2. The maximum Gasteiger partial charge on any atom is 0.331 e. The molecule has 96 valence electrons. The lowest BCUT2D eigenvalue weighted by Gasteiger charge is -2.04. The van der Waals surface area contributed by atoms with Gasteiger partial charge in [0.25, 0.3) is 0 Å². The predicted molar refractivity (Wildman–Crippen MR) is 77.7 cm³/mol. The van der Waals surface area contributed by atoms with Crippen molar-refractivity contribution in [1.29, 1.82) is 0 Å². The van der Waals surface area contributed by atoms with Crippen LogP contribution in [0, 0.1) is 0 Å². The Labute approximate surface area is 110 Å². The Morgan fingerprint density at radius 2 is 1.89 bits per heavy atom. The Hall–Kier alpha value is -2.49. The number of H-pyrrole nitrogens is 1. The van der Waals surface area contributed by atoms with E-state index in [9.17, 15) is 4.79 Å². The minimum atomic E-state index is -0.148. The van der Waals surface area contributed by atoms with Crippen LogP contribution in [-0.4, -0.2) is 9.55 Å². The van der Waals surface area contributed by atoms with Crippen molar-refractivity contribution in [1.82, 2.24) is 9.55 Å². The summed E-state index contributed by atoms with van der Waals surface area (Å²) in [7, 11) is 0. The van der Waals surface area contributed by atoms with Gasteiger partial charge in [0.1, 0.15) is 0 Å². The summed E-state index contributed by atoms with van der Waals surface area (Å²) in [6, 6.07) is 13.4. The molecule has 3 aromatic rings. The number of hydrogen-bond acceptors (Lipinski definition) is 2. The number of aromatic amines is 1. The second-order valence-electron chi connectivity index (χ2n) is 4.56. The molecule has 0 fully saturated rings. The highest BCUT2D eigenvalue weighted by molar-refractivity contribution is 5.80. The molecule has 3 N–H and O–H groups in total. The first kappa shape index (κ1) is 11.6. The largest absolute Gasteiger partial charge is 0.399 e. The molecule has 0 amide bonds. The number of fused-ring (bicyclic) bond motifs is 1. The minimum absolute atomic E-state index is 0.148. The zero-order valence-electron chi connectivity index (χ0n) is 10.7. The predicted octanol–water partition coefficient (Wildman–Crippen LogP) is 2.46. The van der Waals surface area contributed by atoms with Crippen molar-refractivity contribution in [2.24, 2.45) is 0 Å². The number of nitrogens with two attached hydrogens (primary N) is 1. The molecule has 4 nitrogen and oxygen atoms in total. The second kappa shape index (κ2) is 4.31. The summed E-state index contributed by atoms with van der Waals surface area (Å²) in [4.78, 5) is 14.9. The van der Waals surface area contributed by atoms with E-state index in [1.807, 2.05) is 30.3 Å². The molecule has 1 aromatic heterocycles. The molecule has 0 saturated carbocycles. The van der Waals surface area contributed by atoms with Gasteiger partial charge in [0.05, 0.1) is 16.7 Å². The fourth-order valence-electron chi connectivity index (χ4n) is 2.27. The lowest BCUT2D eigenvalue weighted by Crippen LogP contribution is -2.14. The minimum Gasteiger partial charge on any atom is -0.399 e. The summed E-state index contributed by atoms with van der Waals surface area (Å²) in [5, 5.41) is 0. The van der Waals surface area contributed by atoms with Crippen LogP contribution in [0.3, 0.4) is 0 Å². The van der Waals surface area contributed by atoms with Crippen LogP contribution in [0.25, 0.3) is 16.7 Å². The van der Waals surface area contributed by atoms with E-state index in [-0.39, 0.29) is 5.69 Å². The third kappa shape index (κ3) is 1.91. The smallest absolute Gasteiger partial charge is 0.331 e. The standard InChI is InChI=1S/C15H15N3O/c1-2-10-3-6-12(7-4-10)18-14-8-5-11(16)9-13(14)17-15(18)19/h3-9H,2,16H2,1H3,(H,17,19). The Balaban J connectivity index is 2.23. The third-order valence-corrected chi connectivity index (χ3v) is 3.31. The van der Waals surface area contributed by atoms with Gasteiger partial charge in [0.15, 0.2) is 0 Å². The number of imidazole rings is 1. The quantitative estimate of drug-likeness (QED) is 0.689. The molecule has 0 bridgehead atoms. The number of nitrogens with zero attached hydrogens (tertiary/aromatic N) is 1. The van der Waals surface area contributed by atoms with Crippen LogP contribution in [-0.2, 0) is 6.42 Å². The number of nitrogens with one attached hydrogen (secondary N) is 1. The average Bonchev–Trinajstić information content (AvgIpc) is 2.74. The van der Waals surface area contributed by atoms with Crippen molar-refractivity contribution >= 4 is 16.7 Å². The Morgan fingerprint density at radius 1 is 1.16 bits per heavy atom. The van der Waals surface area contributed by atoms with Crippen molar-refractivity contribution in [3.05, 3.63) is 58.5 Å². The van der Waals surface area contributed by atoms with E-state index in [1.54, 1.807) is 16.7 Å². The molecule has 4 heteroatoms. The van der Waals surface area contributed by atoms with Crippen molar-refractivity contribution in [2.75, 3.05) is 5.73 Å². The highest BCUT2D eigenvalue weighted by atomic mass is 16.1. The number of benzene rings is 2. The summed E-state index contributed by atoms with van der Waals surface area (Å²) < 4.78 is 1.66. The monoisotopic (exact) mass is 253 g/mol. The van der Waals surface area contributed by atoms with E-state index in [2.05, 4.69) is 11.9 Å². The molecule has 0 aliphatic heterocycles. The van der Waals surface area contributed by atoms with Gasteiger partial charge in [-0.3, -0.25) is 4.57 Å². The van der Waals surface area contributed by atoms with Crippen LogP contribution in [0.2, 0.25) is 0 Å². The molecule has 0 aliphatic rings. The highest BCUT2D eigenvalue weighted by Crippen LogP contribution is 2.18. The topological polar surface area (TPSA) is 63.8 Å². The fourth-order valence-corrected chi connectivity index (χ4v) is 2.27. The van der Waals surface area contributed by atoms with Gasteiger partial charge >= 0.3 is 5.69 Å². The van der Waals surface area contributed by atoms with Crippen molar-refractivity contribution in [2.45, 2.75) is 13.3 Å². The van der Waals surface area contributed by atoms with Crippen molar-refractivity contribution < 1.29 is 0 Å². The van der Waals surface area contributed by atoms with E-state index in [0.29, 0.717) is 5.69 Å². The summed E-state index contributed by atoms with van der Waals surface area (Å²) in [6.45, 7) is 2.11. The van der Waals surface area contributed by atoms with E-state index in [4.69, 9.17) is 5.73 Å². The number of aryl methyl sites for hydroxylation is 1. The zero-order valence-corrected chi connectivity index (χ0v) is 10.7. The molecule has 0 aliphatic carbocycles. The third-order valence-electron chi connectivity index (χ3n) is 3.31. The van der Waals surface area contributed by atoms with Crippen LogP contribution >= 0.6 is 0 Å². The molecule has 19 heavy (non-hydrogen) atoms. The van der Waals surface area contributed by atoms with E-state index in [1.165, 1.54) is 5.56 Å². The molecule has 3 rings (SSSR count). The SMILES string of the molecule is CCc1ccc(-n2c(=O)[nH]c3cc(N)ccc32)cc1. The Bertz CT molecular complexity index is 781. The lowest BCUT2D eigenvalue weighted by atomic mass is 10.1. The van der Waals surface area contributed by atoms with Gasteiger partial charge in [0.2, 0.25) is 0 Å². The van der Waals surface area contributed by atoms with Crippen LogP contribution in [0.4, 0.5) is 5.69 Å². The Kier molecular flexibility index (Phi) is 2.63. The molecule has 0 saturated heterocycles. The summed E-state index contributed by atoms with van der Waals surface area (Å²) in [5.41, 5.74) is 9.92. The zero-order chi connectivity index (χ0) is 13.4. The fraction of sp³-hybridized carbons (Fsp3) is 0.133. The van der Waals surface area contributed by atoms with Gasteiger partial charge in [-0.1, -0.05) is 19.1 Å². The highest BCUT2D eigenvalue weighted by Gasteiger charge is 2.08. The number of aromatic nitrogens is 2. The first-order valence-corrected chi connectivity index (χ1v) is 6.28. The number of nitrogen functional groups attached to an aromatic ring is 1. The molecular weight excluding hydrogens is 238 g/mol. The maximum atomic E-state index is 12.1. The Morgan fingerprint density at radius 3 is 2.58 bits per heavy atom. The second-order valence-corrected chi connectivity index (χ2v) is 4.56. The van der Waals surface area contributed by atoms with Crippen LogP contribution < -0.4 is 11.4 Å². The molecule has 1 heterocycles. The normalized spacial score (nSPS) is 11.0. The van der Waals surface area contributed by atoms with Crippen LogP contribution in [0.5, 0.6) is 0 Å². The van der Waals surface area contributed by atoms with Crippen molar-refractivity contribution in [3.8, 4) is 5.69 Å². The molecule has 0 atom stereocenters. The van der Waals surface area contributed by atoms with Gasteiger partial charge in [-0.25, -0.2) is 4.79 Å². The summed E-state index contributed by atoms with van der Waals surface area (Å²) in [6.07, 6.45) is 0.986. The first-order chi connectivity index (χ1) is 9.19. The lowest BCUT2D eigenvalue weighted by molar-refractivity contribution is 1.01. The molecule has 2 aromatic carbocycles. The van der Waals surface area contributed by atoms with E-state index >= 15 is 0 Å². The van der Waals surface area contributed by atoms with Crippen LogP contribution in [0.1, 0.15) is 12.5 Å². The molecule has 0 spiro atoms. The summed E-state index contributed by atoms with van der Waals surface area (Å²) >= 11 is 0. The number of anilines is 1. The summed E-state index contributed by atoms with van der Waals surface area (Å²) in [5.74, 6) is 0. The van der Waals surface area contributed by atoms with Crippen LogP contribution in [0.15, 0.2) is 47.3 Å².